The van der Waals surface area contributed by atoms with Gasteiger partial charge in [0.15, 0.2) is 9.84 Å². The fraction of sp³-hybridized carbons (Fsp3) is 0.571. The third kappa shape index (κ3) is 6.20. The minimum absolute atomic E-state index is 0.00377. The predicted octanol–water partition coefficient (Wildman–Crippen LogP) is 5.41. The van der Waals surface area contributed by atoms with Gasteiger partial charge in [0.1, 0.15) is 11.4 Å². The number of nitrogens with zero attached hydrogens (tertiary/aromatic N) is 2. The number of aromatic nitrogens is 1. The molecule has 0 aliphatic carbocycles. The molecular formula is C28H38N2O5S. The van der Waals surface area contributed by atoms with E-state index in [1.54, 1.807) is 24.9 Å². The van der Waals surface area contributed by atoms with Crippen molar-refractivity contribution in [2.75, 3.05) is 19.7 Å². The number of ether oxygens (including phenoxy) is 2. The van der Waals surface area contributed by atoms with E-state index in [0.717, 1.165) is 48.3 Å². The van der Waals surface area contributed by atoms with Gasteiger partial charge in [-0.1, -0.05) is 26.8 Å². The maximum atomic E-state index is 12.4. The first-order chi connectivity index (χ1) is 16.9. The molecule has 1 amide bonds. The first kappa shape index (κ1) is 26.5. The van der Waals surface area contributed by atoms with Crippen molar-refractivity contribution in [2.45, 2.75) is 76.9 Å². The monoisotopic (exact) mass is 514 g/mol. The van der Waals surface area contributed by atoms with E-state index in [1.807, 2.05) is 24.3 Å². The van der Waals surface area contributed by atoms with Crippen LogP contribution in [0.15, 0.2) is 36.5 Å². The Bertz CT molecular complexity index is 1190. The summed E-state index contributed by atoms with van der Waals surface area (Å²) in [4.78, 5) is 18.8. The average Bonchev–Trinajstić information content (AvgIpc) is 2.82. The Morgan fingerprint density at radius 3 is 2.47 bits per heavy atom. The summed E-state index contributed by atoms with van der Waals surface area (Å²) in [7, 11) is -3.16. The molecule has 1 fully saturated rings. The second-order valence-corrected chi connectivity index (χ2v) is 14.2. The molecule has 8 heteroatoms. The SMILES string of the molecule is CC(C)S(=O)(=O)Cc1ccc(-c2ccc3c(c2)CCC2(CCN(C(=O)OCC(C)(C)C)CC2)O3)nc1. The molecule has 0 radical (unpaired) electrons. The minimum Gasteiger partial charge on any atom is -0.487 e. The highest BCUT2D eigenvalue weighted by Gasteiger charge is 2.41. The molecule has 196 valence electrons. The number of carbonyl (C=O) groups excluding carboxylic acids is 1. The molecule has 2 aliphatic heterocycles. The molecule has 1 aromatic carbocycles. The van der Waals surface area contributed by atoms with Crippen LogP contribution < -0.4 is 4.74 Å². The zero-order valence-corrected chi connectivity index (χ0v) is 22.9. The molecule has 0 saturated carbocycles. The van der Waals surface area contributed by atoms with Gasteiger partial charge in [0, 0.05) is 37.7 Å². The lowest BCUT2D eigenvalue weighted by molar-refractivity contribution is -0.0171. The molecule has 7 nitrogen and oxygen atoms in total. The van der Waals surface area contributed by atoms with E-state index in [-0.39, 0.29) is 22.9 Å². The number of pyridine rings is 1. The summed E-state index contributed by atoms with van der Waals surface area (Å²) >= 11 is 0. The van der Waals surface area contributed by atoms with E-state index in [2.05, 4.69) is 31.8 Å². The van der Waals surface area contributed by atoms with Gasteiger partial charge in [0.25, 0.3) is 0 Å². The summed E-state index contributed by atoms with van der Waals surface area (Å²) in [6, 6.07) is 9.85. The van der Waals surface area contributed by atoms with E-state index in [9.17, 15) is 13.2 Å². The minimum atomic E-state index is -3.16. The van der Waals surface area contributed by atoms with Gasteiger partial charge in [-0.3, -0.25) is 4.98 Å². The van der Waals surface area contributed by atoms with Crippen LogP contribution in [0.4, 0.5) is 4.79 Å². The van der Waals surface area contributed by atoms with Gasteiger partial charge in [-0.15, -0.1) is 0 Å². The normalized spacial score (nSPS) is 17.6. The molecule has 0 atom stereocenters. The summed E-state index contributed by atoms with van der Waals surface area (Å²) < 4.78 is 36.4. The zero-order valence-electron chi connectivity index (χ0n) is 22.0. The zero-order chi connectivity index (χ0) is 26.1. The van der Waals surface area contributed by atoms with Gasteiger partial charge in [0.2, 0.25) is 0 Å². The van der Waals surface area contributed by atoms with Crippen LogP contribution in [0.2, 0.25) is 0 Å². The summed E-state index contributed by atoms with van der Waals surface area (Å²) in [5, 5.41) is -0.407. The largest absolute Gasteiger partial charge is 0.487 e. The Balaban J connectivity index is 1.38. The molecule has 3 heterocycles. The average molecular weight is 515 g/mol. The number of hydrogen-bond acceptors (Lipinski definition) is 6. The van der Waals surface area contributed by atoms with Crippen molar-refractivity contribution in [1.29, 1.82) is 0 Å². The van der Waals surface area contributed by atoms with Crippen LogP contribution in [0.3, 0.4) is 0 Å². The summed E-state index contributed by atoms with van der Waals surface area (Å²) in [5.74, 6) is 0.900. The van der Waals surface area contributed by atoms with Gasteiger partial charge in [0.05, 0.1) is 23.3 Å². The van der Waals surface area contributed by atoms with E-state index in [4.69, 9.17) is 9.47 Å². The second kappa shape index (κ2) is 10.0. The predicted molar refractivity (Wildman–Crippen MR) is 141 cm³/mol. The van der Waals surface area contributed by atoms with Crippen molar-refractivity contribution in [3.8, 4) is 17.0 Å². The van der Waals surface area contributed by atoms with E-state index < -0.39 is 15.1 Å². The fourth-order valence-corrected chi connectivity index (χ4v) is 5.55. The number of aryl methyl sites for hydroxylation is 1. The molecule has 0 N–H and O–H groups in total. The van der Waals surface area contributed by atoms with Crippen LogP contribution in [0.25, 0.3) is 11.3 Å². The quantitative estimate of drug-likeness (QED) is 0.530. The molecule has 1 spiro atoms. The number of piperidine rings is 1. The summed E-state index contributed by atoms with van der Waals surface area (Å²) in [6.45, 7) is 11.2. The van der Waals surface area contributed by atoms with Crippen LogP contribution in [0, 0.1) is 5.41 Å². The second-order valence-electron chi connectivity index (χ2n) is 11.6. The molecule has 1 aromatic heterocycles. The van der Waals surface area contributed by atoms with Crippen LogP contribution in [-0.4, -0.2) is 54.9 Å². The van der Waals surface area contributed by atoms with Crippen molar-refractivity contribution in [3.05, 3.63) is 47.7 Å². The number of sulfone groups is 1. The van der Waals surface area contributed by atoms with Crippen LogP contribution >= 0.6 is 0 Å². The lowest BCUT2D eigenvalue weighted by atomic mass is 9.83. The molecule has 1 saturated heterocycles. The van der Waals surface area contributed by atoms with Crippen molar-refractivity contribution >= 4 is 15.9 Å². The molecule has 0 bridgehead atoms. The highest BCUT2D eigenvalue weighted by atomic mass is 32.2. The Hall–Kier alpha value is -2.61. The highest BCUT2D eigenvalue weighted by Crippen LogP contribution is 2.40. The summed E-state index contributed by atoms with van der Waals surface area (Å²) in [5.41, 5.74) is 3.36. The van der Waals surface area contributed by atoms with E-state index in [1.165, 1.54) is 0 Å². The number of benzene rings is 1. The Morgan fingerprint density at radius 2 is 1.86 bits per heavy atom. The maximum absolute atomic E-state index is 12.4. The number of amides is 1. The van der Waals surface area contributed by atoms with Crippen LogP contribution in [-0.2, 0) is 26.7 Å². The fourth-order valence-electron chi connectivity index (χ4n) is 4.58. The topological polar surface area (TPSA) is 85.8 Å². The van der Waals surface area contributed by atoms with Crippen LogP contribution in [0.5, 0.6) is 5.75 Å². The molecular weight excluding hydrogens is 476 g/mol. The first-order valence-electron chi connectivity index (χ1n) is 12.8. The number of rotatable bonds is 5. The van der Waals surface area contributed by atoms with Gasteiger partial charge in [-0.25, -0.2) is 13.2 Å². The third-order valence-electron chi connectivity index (χ3n) is 7.01. The van der Waals surface area contributed by atoms with Crippen LogP contribution in [0.1, 0.15) is 65.0 Å². The maximum Gasteiger partial charge on any atom is 0.409 e. The Morgan fingerprint density at radius 1 is 1.14 bits per heavy atom. The van der Waals surface area contributed by atoms with Crippen molar-refractivity contribution < 1.29 is 22.7 Å². The van der Waals surface area contributed by atoms with Gasteiger partial charge < -0.3 is 14.4 Å². The van der Waals surface area contributed by atoms with Gasteiger partial charge in [-0.05, 0) is 67.5 Å². The summed E-state index contributed by atoms with van der Waals surface area (Å²) in [6.07, 6.45) is 4.82. The van der Waals surface area contributed by atoms with E-state index >= 15 is 0 Å². The van der Waals surface area contributed by atoms with Gasteiger partial charge >= 0.3 is 6.09 Å². The van der Waals surface area contributed by atoms with Crippen molar-refractivity contribution in [2.24, 2.45) is 5.41 Å². The number of likely N-dealkylation sites (tertiary alicyclic amines) is 1. The van der Waals surface area contributed by atoms with Gasteiger partial charge in [-0.2, -0.15) is 0 Å². The first-order valence-corrected chi connectivity index (χ1v) is 14.5. The third-order valence-corrected chi connectivity index (χ3v) is 9.18. The van der Waals surface area contributed by atoms with Crippen molar-refractivity contribution in [1.82, 2.24) is 9.88 Å². The Kier molecular flexibility index (Phi) is 7.37. The highest BCUT2D eigenvalue weighted by molar-refractivity contribution is 7.91. The number of fused-ring (bicyclic) bond motifs is 1. The molecule has 2 aliphatic rings. The number of hydrogen-bond donors (Lipinski definition) is 0. The number of carbonyl (C=O) groups is 1. The lowest BCUT2D eigenvalue weighted by Crippen LogP contribution is -2.51. The molecule has 4 rings (SSSR count). The van der Waals surface area contributed by atoms with E-state index in [0.29, 0.717) is 25.3 Å². The van der Waals surface area contributed by atoms with Crippen molar-refractivity contribution in [3.63, 3.8) is 0 Å². The lowest BCUT2D eigenvalue weighted by Gasteiger charge is -2.44. The molecule has 36 heavy (non-hydrogen) atoms. The standard InChI is InChI=1S/C28H38N2O5S/c1-20(2)36(32,33)18-21-6-8-24(29-17-21)22-7-9-25-23(16-22)10-11-28(35-25)12-14-30(15-13-28)26(31)34-19-27(3,4)5/h6-9,16-17,20H,10-15,18-19H2,1-5H3. The smallest absolute Gasteiger partial charge is 0.409 e. The Labute approximate surface area is 215 Å². The molecule has 2 aromatic rings. The molecule has 0 unspecified atom stereocenters.